The van der Waals surface area contributed by atoms with Crippen molar-refractivity contribution in [3.05, 3.63) is 133 Å². The molecule has 0 saturated heterocycles. The van der Waals surface area contributed by atoms with E-state index in [1.807, 2.05) is 30.5 Å². The van der Waals surface area contributed by atoms with Gasteiger partial charge in [0.15, 0.2) is 0 Å². The predicted octanol–water partition coefficient (Wildman–Crippen LogP) is 10.6. The Labute approximate surface area is 305 Å². The Bertz CT molecular complexity index is 2640. The molecule has 5 aromatic carbocycles. The van der Waals surface area contributed by atoms with Gasteiger partial charge in [-0.2, -0.15) is 0 Å². The fourth-order valence-electron chi connectivity index (χ4n) is 8.39. The molecule has 0 bridgehead atoms. The second-order valence-electron chi connectivity index (χ2n) is 14.3. The summed E-state index contributed by atoms with van der Waals surface area (Å²) in [6.45, 7) is 9.26. The molecule has 1 aliphatic heterocycles. The van der Waals surface area contributed by atoms with Gasteiger partial charge in [0.25, 0.3) is 0 Å². The molecule has 0 amide bonds. The number of hydrogen-bond acceptors (Lipinski definition) is 3. The Morgan fingerprint density at radius 3 is 2.14 bits per heavy atom. The van der Waals surface area contributed by atoms with Gasteiger partial charge in [-0.1, -0.05) is 97.8 Å². The van der Waals surface area contributed by atoms with Crippen LogP contribution >= 0.6 is 0 Å². The fraction of sp³-hybridized carbons (Fsp3) is 0.136. The Hall–Kier alpha value is -5.25. The third kappa shape index (κ3) is 3.87. The molecule has 2 aliphatic rings. The number of benzene rings is 5. The first-order chi connectivity index (χ1) is 23.8. The number of rotatable bonds is 2. The van der Waals surface area contributed by atoms with E-state index in [1.165, 1.54) is 22.3 Å². The smallest absolute Gasteiger partial charge is 0.144 e. The topological polar surface area (TPSA) is 55.9 Å². The summed E-state index contributed by atoms with van der Waals surface area (Å²) in [7, 11) is 0. The van der Waals surface area contributed by atoms with Gasteiger partial charge in [-0.3, -0.25) is 4.98 Å². The third-order valence-corrected chi connectivity index (χ3v) is 11.4. The van der Waals surface area contributed by atoms with E-state index in [2.05, 4.69) is 128 Å². The molecule has 1 aliphatic carbocycles. The molecule has 4 heterocycles. The van der Waals surface area contributed by atoms with E-state index in [0.29, 0.717) is 5.56 Å². The first-order valence-electron chi connectivity index (χ1n) is 16.8. The second-order valence-corrected chi connectivity index (χ2v) is 14.3. The molecule has 1 N–H and O–H groups in total. The van der Waals surface area contributed by atoms with Gasteiger partial charge in [-0.15, -0.1) is 23.8 Å². The van der Waals surface area contributed by atoms with Crippen LogP contribution in [0.2, 0.25) is 0 Å². The van der Waals surface area contributed by atoms with Crippen molar-refractivity contribution in [2.75, 3.05) is 0 Å². The Morgan fingerprint density at radius 2 is 1.34 bits per heavy atom. The third-order valence-electron chi connectivity index (χ3n) is 11.4. The number of imidazole rings is 1. The first kappa shape index (κ1) is 30.8. The molecule has 6 heteroatoms. The van der Waals surface area contributed by atoms with Gasteiger partial charge in [-0.05, 0) is 66.6 Å². The maximum atomic E-state index is 11.3. The summed E-state index contributed by atoms with van der Waals surface area (Å²) < 4.78 is 4.61. The van der Waals surface area contributed by atoms with Crippen LogP contribution in [-0.4, -0.2) is 24.2 Å². The van der Waals surface area contributed by atoms with E-state index in [9.17, 15) is 5.11 Å². The van der Waals surface area contributed by atoms with Crippen molar-refractivity contribution in [1.29, 1.82) is 0 Å². The van der Waals surface area contributed by atoms with Gasteiger partial charge in [-0.25, -0.2) is 4.98 Å². The molecule has 10 rings (SSSR count). The number of phenolic OH excluding ortho intramolecular Hbond substituents is 1. The van der Waals surface area contributed by atoms with Crippen molar-refractivity contribution in [2.24, 2.45) is 0 Å². The average Bonchev–Trinajstić information content (AvgIpc) is 3.67. The van der Waals surface area contributed by atoms with Crippen LogP contribution in [0.1, 0.15) is 33.3 Å². The number of para-hydroxylation sites is 2. The number of pyridine rings is 1. The van der Waals surface area contributed by atoms with E-state index in [0.717, 1.165) is 61.5 Å². The zero-order valence-electron chi connectivity index (χ0n) is 28.1. The van der Waals surface area contributed by atoms with Crippen LogP contribution in [0.15, 0.2) is 121 Å². The van der Waals surface area contributed by atoms with Crippen LogP contribution < -0.4 is 0 Å². The monoisotopic (exact) mass is 828 g/mol. The zero-order chi connectivity index (χ0) is 33.2. The van der Waals surface area contributed by atoms with Crippen molar-refractivity contribution < 1.29 is 26.2 Å². The van der Waals surface area contributed by atoms with Crippen molar-refractivity contribution in [3.63, 3.8) is 0 Å². The molecule has 0 radical (unpaired) electrons. The van der Waals surface area contributed by atoms with Gasteiger partial charge in [0.05, 0.1) is 11.1 Å². The van der Waals surface area contributed by atoms with Crippen LogP contribution in [0.3, 0.4) is 0 Å². The maximum absolute atomic E-state index is 11.3. The molecular weight excluding hydrogens is 796 g/mol. The van der Waals surface area contributed by atoms with Gasteiger partial charge in [0.2, 0.25) is 0 Å². The van der Waals surface area contributed by atoms with E-state index >= 15 is 0 Å². The summed E-state index contributed by atoms with van der Waals surface area (Å²) in [6.07, 6.45) is 1.86. The summed E-state index contributed by atoms with van der Waals surface area (Å²) in [5, 5.41) is 13.6. The largest absolute Gasteiger partial charge is 0.507 e. The fourth-order valence-corrected chi connectivity index (χ4v) is 8.39. The minimum Gasteiger partial charge on any atom is -0.507 e. The van der Waals surface area contributed by atoms with E-state index in [-0.39, 0.29) is 32.2 Å². The molecule has 5 nitrogen and oxygen atoms in total. The molecule has 3 aromatic heterocycles. The molecule has 50 heavy (non-hydrogen) atoms. The average molecular weight is 829 g/mol. The van der Waals surface area contributed by atoms with Crippen LogP contribution in [-0.2, 0) is 32.0 Å². The van der Waals surface area contributed by atoms with E-state index in [1.54, 1.807) is 6.07 Å². The predicted molar refractivity (Wildman–Crippen MR) is 198 cm³/mol. The maximum Gasteiger partial charge on any atom is 0.144 e. The molecule has 8 aromatic rings. The van der Waals surface area contributed by atoms with E-state index < -0.39 is 5.54 Å². The van der Waals surface area contributed by atoms with Crippen LogP contribution in [0, 0.1) is 6.07 Å². The van der Waals surface area contributed by atoms with Gasteiger partial charge in [0, 0.05) is 65.9 Å². The van der Waals surface area contributed by atoms with E-state index in [4.69, 9.17) is 9.97 Å². The van der Waals surface area contributed by atoms with Crippen molar-refractivity contribution in [3.8, 4) is 67.6 Å². The molecule has 0 fully saturated rings. The van der Waals surface area contributed by atoms with Crippen LogP contribution in [0.4, 0.5) is 0 Å². The number of aromatic nitrogens is 4. The number of aromatic hydroxyl groups is 1. The number of fused-ring (bicyclic) bond motifs is 8. The molecule has 246 valence electrons. The minimum absolute atomic E-state index is 0. The second kappa shape index (κ2) is 10.6. The van der Waals surface area contributed by atoms with Crippen molar-refractivity contribution in [2.45, 2.75) is 38.6 Å². The summed E-state index contributed by atoms with van der Waals surface area (Å²) in [4.78, 5) is 10.4. The normalized spacial score (nSPS) is 14.6. The SMILES string of the molecule is CC1(C)c2cccc3c2-c2c(nc(-c4ccccc4O)n2C1(C)C)-c1[c-]c(-n2c4ccccc4c4cccnc42)ccc1-c1ccccc1-3.[Pt]. The molecule has 0 spiro atoms. The number of nitrogens with zero attached hydrogens (tertiary/aromatic N) is 4. The summed E-state index contributed by atoms with van der Waals surface area (Å²) in [5.74, 6) is 0.956. The minimum atomic E-state index is -0.413. The molecular formula is C44H33N4OPt-. The van der Waals surface area contributed by atoms with Crippen LogP contribution in [0.5, 0.6) is 5.75 Å². The summed E-state index contributed by atoms with van der Waals surface area (Å²) >= 11 is 0. The summed E-state index contributed by atoms with van der Waals surface area (Å²) in [5.41, 5.74) is 12.8. The van der Waals surface area contributed by atoms with Crippen molar-refractivity contribution in [1.82, 2.24) is 19.1 Å². The zero-order valence-corrected chi connectivity index (χ0v) is 30.4. The Balaban J connectivity index is 0.00000336. The van der Waals surface area contributed by atoms with Gasteiger partial charge < -0.3 is 14.2 Å². The first-order valence-corrected chi connectivity index (χ1v) is 16.8. The standard InChI is InChI=1S/C44H33N4O.Pt/c1-43(2)35-19-11-17-31-28-14-6-5-13-27(28)29-23-22-26(47-36-20-9-7-15-30(36)32-18-12-24-45-41(32)47)25-34(29)39-40(38(31)35)48(44(43,3)4)42(46-39)33-16-8-10-21-37(33)49;/h5-24,49H,1-4H3;/q-1;. The molecule has 0 atom stereocenters. The Morgan fingerprint density at radius 1 is 0.660 bits per heavy atom. The van der Waals surface area contributed by atoms with Gasteiger partial charge >= 0.3 is 0 Å². The number of hydrogen-bond donors (Lipinski definition) is 1. The van der Waals surface area contributed by atoms with Gasteiger partial charge in [0.1, 0.15) is 17.2 Å². The van der Waals surface area contributed by atoms with Crippen molar-refractivity contribution >= 4 is 21.9 Å². The number of phenols is 1. The quantitative estimate of drug-likeness (QED) is 0.177. The summed E-state index contributed by atoms with van der Waals surface area (Å²) in [6, 6.07) is 43.9. The molecule has 0 unspecified atom stereocenters. The van der Waals surface area contributed by atoms with Crippen LogP contribution in [0.25, 0.3) is 83.8 Å². The Kier molecular flexibility index (Phi) is 6.54. The molecule has 0 saturated carbocycles.